The lowest BCUT2D eigenvalue weighted by Gasteiger charge is -2.00. The van der Waals surface area contributed by atoms with Gasteiger partial charge in [0.1, 0.15) is 6.54 Å². The molecule has 1 heterocycles. The van der Waals surface area contributed by atoms with Crippen molar-refractivity contribution < 1.29 is 14.3 Å². The van der Waals surface area contributed by atoms with E-state index in [4.69, 9.17) is 9.47 Å². The lowest BCUT2D eigenvalue weighted by molar-refractivity contribution is -0.144. The maximum absolute atomic E-state index is 11.0. The number of hydrogen-bond donors (Lipinski definition) is 0. The van der Waals surface area contributed by atoms with Crippen LogP contribution >= 0.6 is 31.9 Å². The second kappa shape index (κ2) is 15.1. The molecule has 0 fully saturated rings. The van der Waals surface area contributed by atoms with Crippen LogP contribution in [0.4, 0.5) is 0 Å². The van der Waals surface area contributed by atoms with Crippen molar-refractivity contribution >= 4 is 37.8 Å². The molecule has 0 bridgehead atoms. The van der Waals surface area contributed by atoms with Crippen molar-refractivity contribution in [2.75, 3.05) is 18.5 Å². The number of allylic oxidation sites excluding steroid dienone is 1. The first-order valence-electron chi connectivity index (χ1n) is 7.16. The second-order valence-corrected chi connectivity index (χ2v) is 5.09. The summed E-state index contributed by atoms with van der Waals surface area (Å²) in [5, 5.41) is 4.84. The van der Waals surface area contributed by atoms with E-state index in [2.05, 4.69) is 43.5 Å². The third kappa shape index (κ3) is 11.8. The fourth-order valence-electron chi connectivity index (χ4n) is 1.16. The van der Waals surface area contributed by atoms with Gasteiger partial charge in [-0.3, -0.25) is 9.48 Å². The molecular weight excluding hydrogens is 416 g/mol. The highest BCUT2D eigenvalue weighted by atomic mass is 79.9. The molecule has 0 aromatic carbocycles. The Labute approximate surface area is 150 Å². The smallest absolute Gasteiger partial charge is 0.327 e. The van der Waals surface area contributed by atoms with Crippen LogP contribution in [0.3, 0.4) is 0 Å². The minimum atomic E-state index is -0.266. The standard InChI is InChI=1S/C8H11BrN2O2.C5H9BrO.C2H6/c1-3-13-8(12)5-11-4-7(9)6(2)10-11;1-3-7-5(2)4-6;1-2/h4H,3,5H2,1-2H3;2-4H2,1H3;1-2H3. The Morgan fingerprint density at radius 2 is 1.86 bits per heavy atom. The molecule has 128 valence electrons. The summed E-state index contributed by atoms with van der Waals surface area (Å²) in [5.74, 6) is 0.528. The molecule has 0 radical (unpaired) electrons. The van der Waals surface area contributed by atoms with Gasteiger partial charge in [-0.1, -0.05) is 36.4 Å². The highest BCUT2D eigenvalue weighted by Gasteiger charge is 2.06. The molecule has 0 aliphatic heterocycles. The molecule has 0 atom stereocenters. The average Bonchev–Trinajstić information content (AvgIpc) is 2.80. The number of halogens is 2. The fourth-order valence-corrected chi connectivity index (χ4v) is 1.63. The van der Waals surface area contributed by atoms with Crippen LogP contribution in [0.15, 0.2) is 23.0 Å². The Morgan fingerprint density at radius 3 is 2.18 bits per heavy atom. The SMILES string of the molecule is C=C(CBr)OCC.CC.CCOC(=O)Cn1cc(Br)c(C)n1. The zero-order valence-electron chi connectivity index (χ0n) is 14.0. The molecule has 1 aromatic heterocycles. The third-order valence-electron chi connectivity index (χ3n) is 1.98. The number of carbonyl (C=O) groups is 1. The molecule has 7 heteroatoms. The van der Waals surface area contributed by atoms with Crippen molar-refractivity contribution in [3.8, 4) is 0 Å². The normalized spacial score (nSPS) is 8.86. The summed E-state index contributed by atoms with van der Waals surface area (Å²) in [6.45, 7) is 14.5. The number of esters is 1. The predicted octanol–water partition coefficient (Wildman–Crippen LogP) is 4.47. The summed E-state index contributed by atoms with van der Waals surface area (Å²) in [6, 6.07) is 0. The maximum atomic E-state index is 11.0. The van der Waals surface area contributed by atoms with Gasteiger partial charge in [0.15, 0.2) is 0 Å². The Morgan fingerprint density at radius 1 is 1.32 bits per heavy atom. The van der Waals surface area contributed by atoms with Crippen molar-refractivity contribution in [3.05, 3.63) is 28.7 Å². The summed E-state index contributed by atoms with van der Waals surface area (Å²) in [4.78, 5) is 11.0. The van der Waals surface area contributed by atoms with Crippen molar-refractivity contribution in [2.45, 2.75) is 41.2 Å². The molecule has 0 unspecified atom stereocenters. The predicted molar refractivity (Wildman–Crippen MR) is 97.2 cm³/mol. The van der Waals surface area contributed by atoms with E-state index in [9.17, 15) is 4.79 Å². The molecule has 0 amide bonds. The molecule has 0 saturated heterocycles. The van der Waals surface area contributed by atoms with Crippen LogP contribution in [0.25, 0.3) is 0 Å². The third-order valence-corrected chi connectivity index (χ3v) is 3.38. The number of aromatic nitrogens is 2. The van der Waals surface area contributed by atoms with Crippen LogP contribution in [-0.4, -0.2) is 34.3 Å². The summed E-state index contributed by atoms with van der Waals surface area (Å²) >= 11 is 6.50. The second-order valence-electron chi connectivity index (χ2n) is 3.67. The first-order chi connectivity index (χ1) is 10.4. The van der Waals surface area contributed by atoms with Gasteiger partial charge in [0.2, 0.25) is 0 Å². The van der Waals surface area contributed by atoms with E-state index in [0.29, 0.717) is 13.2 Å². The monoisotopic (exact) mass is 440 g/mol. The number of hydrogen-bond acceptors (Lipinski definition) is 4. The number of aryl methyl sites for hydroxylation is 1. The summed E-state index contributed by atoms with van der Waals surface area (Å²) in [5.41, 5.74) is 0.865. The molecule has 0 aliphatic rings. The highest BCUT2D eigenvalue weighted by Crippen LogP contribution is 2.12. The summed E-state index contributed by atoms with van der Waals surface area (Å²) in [6.07, 6.45) is 1.76. The average molecular weight is 442 g/mol. The van der Waals surface area contributed by atoms with Crippen LogP contribution in [0, 0.1) is 6.92 Å². The van der Waals surface area contributed by atoms with Gasteiger partial charge >= 0.3 is 5.97 Å². The van der Waals surface area contributed by atoms with Crippen LogP contribution in [-0.2, 0) is 20.8 Å². The molecule has 0 spiro atoms. The number of alkyl halides is 1. The number of carbonyl (C=O) groups excluding carboxylic acids is 1. The van der Waals surface area contributed by atoms with E-state index in [1.54, 1.807) is 17.8 Å². The van der Waals surface area contributed by atoms with Gasteiger partial charge < -0.3 is 9.47 Å². The van der Waals surface area contributed by atoms with Gasteiger partial charge in [0.05, 0.1) is 34.5 Å². The minimum Gasteiger partial charge on any atom is -0.498 e. The van der Waals surface area contributed by atoms with Gasteiger partial charge in [-0.25, -0.2) is 0 Å². The van der Waals surface area contributed by atoms with E-state index in [-0.39, 0.29) is 12.5 Å². The van der Waals surface area contributed by atoms with Crippen LogP contribution < -0.4 is 0 Å². The van der Waals surface area contributed by atoms with E-state index in [1.165, 1.54) is 0 Å². The summed E-state index contributed by atoms with van der Waals surface area (Å²) in [7, 11) is 0. The Hall–Kier alpha value is -0.820. The molecule has 0 saturated carbocycles. The van der Waals surface area contributed by atoms with Crippen LogP contribution in [0.1, 0.15) is 33.4 Å². The first-order valence-corrected chi connectivity index (χ1v) is 9.07. The number of nitrogens with zero attached hydrogens (tertiary/aromatic N) is 2. The lowest BCUT2D eigenvalue weighted by atomic mass is 10.5. The number of ether oxygens (including phenoxy) is 2. The molecule has 5 nitrogen and oxygen atoms in total. The zero-order chi connectivity index (χ0) is 17.5. The van der Waals surface area contributed by atoms with Crippen molar-refractivity contribution in [1.82, 2.24) is 9.78 Å². The molecular formula is C15H26Br2N2O3. The van der Waals surface area contributed by atoms with Crippen molar-refractivity contribution in [3.63, 3.8) is 0 Å². The molecule has 0 N–H and O–H groups in total. The van der Waals surface area contributed by atoms with Gasteiger partial charge in [-0.2, -0.15) is 5.10 Å². The summed E-state index contributed by atoms with van der Waals surface area (Å²) < 4.78 is 12.2. The molecule has 22 heavy (non-hydrogen) atoms. The number of rotatable bonds is 6. The quantitative estimate of drug-likeness (QED) is 0.371. The molecule has 1 rings (SSSR count). The van der Waals surface area contributed by atoms with Gasteiger partial charge in [0, 0.05) is 6.20 Å². The zero-order valence-corrected chi connectivity index (χ0v) is 17.2. The first kappa shape index (κ1) is 23.4. The van der Waals surface area contributed by atoms with Gasteiger partial charge in [-0.15, -0.1) is 0 Å². The molecule has 1 aromatic rings. The Bertz CT molecular complexity index is 415. The van der Waals surface area contributed by atoms with Gasteiger partial charge in [-0.05, 0) is 36.7 Å². The van der Waals surface area contributed by atoms with Crippen LogP contribution in [0.2, 0.25) is 0 Å². The minimum absolute atomic E-state index is 0.167. The van der Waals surface area contributed by atoms with Gasteiger partial charge in [0.25, 0.3) is 0 Å². The largest absolute Gasteiger partial charge is 0.498 e. The maximum Gasteiger partial charge on any atom is 0.327 e. The fraction of sp³-hybridized carbons (Fsp3) is 0.600. The lowest BCUT2D eigenvalue weighted by Crippen LogP contribution is -2.13. The Balaban J connectivity index is 0. The van der Waals surface area contributed by atoms with Crippen molar-refractivity contribution in [2.24, 2.45) is 0 Å². The van der Waals surface area contributed by atoms with Crippen molar-refractivity contribution in [1.29, 1.82) is 0 Å². The Kier molecular flexibility index (Phi) is 16.1. The topological polar surface area (TPSA) is 53.4 Å². The van der Waals surface area contributed by atoms with Crippen LogP contribution in [0.5, 0.6) is 0 Å². The van der Waals surface area contributed by atoms with E-state index < -0.39 is 0 Å². The van der Waals surface area contributed by atoms with E-state index >= 15 is 0 Å². The van der Waals surface area contributed by atoms with E-state index in [0.717, 1.165) is 21.3 Å². The highest BCUT2D eigenvalue weighted by molar-refractivity contribution is 9.10. The molecule has 0 aliphatic carbocycles. The van der Waals surface area contributed by atoms with E-state index in [1.807, 2.05) is 27.7 Å².